The summed E-state index contributed by atoms with van der Waals surface area (Å²) < 4.78 is 1.87. The predicted octanol–water partition coefficient (Wildman–Crippen LogP) is 1.22. The summed E-state index contributed by atoms with van der Waals surface area (Å²) in [5.41, 5.74) is 2.11. The van der Waals surface area contributed by atoms with Crippen molar-refractivity contribution in [3.05, 3.63) is 23.9 Å². The second-order valence-electron chi connectivity index (χ2n) is 5.23. The van der Waals surface area contributed by atoms with Crippen molar-refractivity contribution in [2.45, 2.75) is 32.9 Å². The van der Waals surface area contributed by atoms with Crippen molar-refractivity contribution in [1.82, 2.24) is 19.9 Å². The van der Waals surface area contributed by atoms with E-state index in [1.54, 1.807) is 0 Å². The fraction of sp³-hybridized carbons (Fsp3) is 0.538. The van der Waals surface area contributed by atoms with E-state index in [-0.39, 0.29) is 0 Å². The molecule has 1 saturated heterocycles. The van der Waals surface area contributed by atoms with Crippen LogP contribution in [0.25, 0.3) is 5.65 Å². The zero-order chi connectivity index (χ0) is 12.7. The van der Waals surface area contributed by atoms with E-state index in [9.17, 15) is 0 Å². The number of piperazine rings is 1. The minimum atomic E-state index is 0.430. The summed E-state index contributed by atoms with van der Waals surface area (Å²) in [6.07, 6.45) is 2.02. The van der Waals surface area contributed by atoms with Crippen molar-refractivity contribution in [3.8, 4) is 0 Å². The second kappa shape index (κ2) is 4.24. The highest BCUT2D eigenvalue weighted by Gasteiger charge is 2.25. The molecule has 2 aromatic heterocycles. The van der Waals surface area contributed by atoms with Gasteiger partial charge in [-0.2, -0.15) is 4.98 Å². The maximum Gasteiger partial charge on any atom is 0.246 e. The lowest BCUT2D eigenvalue weighted by molar-refractivity contribution is 0.420. The van der Waals surface area contributed by atoms with Gasteiger partial charge in [0.1, 0.15) is 0 Å². The summed E-state index contributed by atoms with van der Waals surface area (Å²) in [5.74, 6) is 0.835. The number of nitrogens with zero attached hydrogens (tertiary/aromatic N) is 4. The number of nitrogens with one attached hydrogen (secondary N) is 1. The Bertz CT molecular complexity index is 562. The lowest BCUT2D eigenvalue weighted by Gasteiger charge is -2.36. The normalized spacial score (nSPS) is 24.7. The summed E-state index contributed by atoms with van der Waals surface area (Å²) in [7, 11) is 0. The monoisotopic (exact) mass is 245 g/mol. The van der Waals surface area contributed by atoms with E-state index in [4.69, 9.17) is 0 Å². The fourth-order valence-electron chi connectivity index (χ4n) is 2.40. The Balaban J connectivity index is 1.97. The summed E-state index contributed by atoms with van der Waals surface area (Å²) in [5, 5.41) is 8.06. The number of aromatic nitrogens is 3. The first kappa shape index (κ1) is 11.5. The van der Waals surface area contributed by atoms with Gasteiger partial charge in [0.15, 0.2) is 5.65 Å². The molecule has 1 aliphatic heterocycles. The van der Waals surface area contributed by atoms with Crippen molar-refractivity contribution in [3.63, 3.8) is 0 Å². The van der Waals surface area contributed by atoms with Crippen molar-refractivity contribution in [2.75, 3.05) is 18.0 Å². The van der Waals surface area contributed by atoms with Crippen molar-refractivity contribution < 1.29 is 0 Å². The molecule has 2 atom stereocenters. The molecule has 0 spiro atoms. The van der Waals surface area contributed by atoms with Crippen LogP contribution in [-0.4, -0.2) is 39.8 Å². The molecule has 0 aliphatic carbocycles. The Morgan fingerprint density at radius 2 is 2.17 bits per heavy atom. The summed E-state index contributed by atoms with van der Waals surface area (Å²) in [6.45, 7) is 8.40. The molecule has 2 unspecified atom stereocenters. The molecule has 0 saturated carbocycles. The molecule has 18 heavy (non-hydrogen) atoms. The van der Waals surface area contributed by atoms with Gasteiger partial charge in [-0.15, -0.1) is 5.10 Å². The number of fused-ring (bicyclic) bond motifs is 1. The highest BCUT2D eigenvalue weighted by molar-refractivity contribution is 5.46. The molecule has 1 aliphatic rings. The summed E-state index contributed by atoms with van der Waals surface area (Å²) >= 11 is 0. The van der Waals surface area contributed by atoms with E-state index in [1.165, 1.54) is 5.56 Å². The van der Waals surface area contributed by atoms with Crippen LogP contribution in [0.2, 0.25) is 0 Å². The quantitative estimate of drug-likeness (QED) is 0.820. The molecule has 3 rings (SSSR count). The molecule has 2 aromatic rings. The van der Waals surface area contributed by atoms with E-state index in [2.05, 4.69) is 47.1 Å². The molecular weight excluding hydrogens is 226 g/mol. The van der Waals surface area contributed by atoms with Crippen LogP contribution in [0, 0.1) is 6.92 Å². The summed E-state index contributed by atoms with van der Waals surface area (Å²) in [6, 6.07) is 4.99. The molecule has 3 heterocycles. The van der Waals surface area contributed by atoms with Gasteiger partial charge in [-0.3, -0.25) is 0 Å². The summed E-state index contributed by atoms with van der Waals surface area (Å²) in [4.78, 5) is 6.89. The molecular formula is C13H19N5. The number of anilines is 1. The SMILES string of the molecule is Cc1ccc2nc(N3CC(C)NCC3C)nn2c1. The van der Waals surface area contributed by atoms with E-state index < -0.39 is 0 Å². The highest BCUT2D eigenvalue weighted by Crippen LogP contribution is 2.17. The topological polar surface area (TPSA) is 45.5 Å². The lowest BCUT2D eigenvalue weighted by Crippen LogP contribution is -2.54. The third-order valence-corrected chi connectivity index (χ3v) is 3.49. The van der Waals surface area contributed by atoms with Gasteiger partial charge < -0.3 is 10.2 Å². The Kier molecular flexibility index (Phi) is 2.70. The van der Waals surface area contributed by atoms with Crippen LogP contribution < -0.4 is 10.2 Å². The van der Waals surface area contributed by atoms with Crippen LogP contribution in [0.1, 0.15) is 19.4 Å². The minimum absolute atomic E-state index is 0.430. The predicted molar refractivity (Wildman–Crippen MR) is 72.0 cm³/mol. The van der Waals surface area contributed by atoms with Crippen molar-refractivity contribution in [1.29, 1.82) is 0 Å². The van der Waals surface area contributed by atoms with E-state index in [0.29, 0.717) is 12.1 Å². The first-order chi connectivity index (χ1) is 8.63. The maximum absolute atomic E-state index is 4.61. The Morgan fingerprint density at radius 3 is 3.00 bits per heavy atom. The van der Waals surface area contributed by atoms with Crippen LogP contribution in [0.4, 0.5) is 5.95 Å². The van der Waals surface area contributed by atoms with Crippen molar-refractivity contribution in [2.24, 2.45) is 0 Å². The van der Waals surface area contributed by atoms with Gasteiger partial charge in [0, 0.05) is 31.4 Å². The molecule has 1 fully saturated rings. The number of hydrogen-bond acceptors (Lipinski definition) is 4. The third-order valence-electron chi connectivity index (χ3n) is 3.49. The molecule has 0 radical (unpaired) electrons. The van der Waals surface area contributed by atoms with Crippen LogP contribution >= 0.6 is 0 Å². The number of hydrogen-bond donors (Lipinski definition) is 1. The zero-order valence-corrected chi connectivity index (χ0v) is 11.1. The van der Waals surface area contributed by atoms with Crippen molar-refractivity contribution >= 4 is 11.6 Å². The van der Waals surface area contributed by atoms with Gasteiger partial charge in [-0.1, -0.05) is 6.07 Å². The fourth-order valence-corrected chi connectivity index (χ4v) is 2.40. The van der Waals surface area contributed by atoms with E-state index in [0.717, 1.165) is 24.7 Å². The van der Waals surface area contributed by atoms with Gasteiger partial charge in [0.25, 0.3) is 0 Å². The van der Waals surface area contributed by atoms with Crippen LogP contribution in [0.15, 0.2) is 18.3 Å². The third kappa shape index (κ3) is 1.95. The molecule has 96 valence electrons. The number of rotatable bonds is 1. The average molecular weight is 245 g/mol. The highest BCUT2D eigenvalue weighted by atomic mass is 15.4. The van der Waals surface area contributed by atoms with Crippen LogP contribution in [-0.2, 0) is 0 Å². The van der Waals surface area contributed by atoms with Crippen LogP contribution in [0.5, 0.6) is 0 Å². The zero-order valence-electron chi connectivity index (χ0n) is 11.1. The largest absolute Gasteiger partial charge is 0.334 e. The molecule has 1 N–H and O–H groups in total. The molecule has 0 amide bonds. The molecule has 0 aromatic carbocycles. The standard InChI is InChI=1S/C13H19N5/c1-9-4-5-12-15-13(16-18(12)7-9)17-8-10(2)14-6-11(17)3/h4-5,7,10-11,14H,6,8H2,1-3H3. The molecule has 5 heteroatoms. The van der Waals surface area contributed by atoms with E-state index >= 15 is 0 Å². The number of pyridine rings is 1. The Morgan fingerprint density at radius 1 is 1.33 bits per heavy atom. The maximum atomic E-state index is 4.61. The Hall–Kier alpha value is -1.62. The first-order valence-electron chi connectivity index (χ1n) is 6.46. The van der Waals surface area contributed by atoms with Crippen LogP contribution in [0.3, 0.4) is 0 Å². The lowest BCUT2D eigenvalue weighted by atomic mass is 10.1. The second-order valence-corrected chi connectivity index (χ2v) is 5.23. The van der Waals surface area contributed by atoms with Gasteiger partial charge in [-0.05, 0) is 32.4 Å². The minimum Gasteiger partial charge on any atom is -0.334 e. The van der Waals surface area contributed by atoms with Gasteiger partial charge in [0.05, 0.1) is 0 Å². The van der Waals surface area contributed by atoms with Gasteiger partial charge in [-0.25, -0.2) is 4.52 Å². The first-order valence-corrected chi connectivity index (χ1v) is 6.46. The Labute approximate surface area is 107 Å². The smallest absolute Gasteiger partial charge is 0.246 e. The van der Waals surface area contributed by atoms with E-state index in [1.807, 2.05) is 16.8 Å². The van der Waals surface area contributed by atoms with Gasteiger partial charge >= 0.3 is 0 Å². The molecule has 5 nitrogen and oxygen atoms in total. The number of aryl methyl sites for hydroxylation is 1. The average Bonchev–Trinajstić information content (AvgIpc) is 2.74. The molecule has 0 bridgehead atoms. The van der Waals surface area contributed by atoms with Gasteiger partial charge in [0.2, 0.25) is 5.95 Å².